The normalized spacial score (nSPS) is 16.9. The molecule has 21 heavy (non-hydrogen) atoms. The molecule has 1 aromatic heterocycles. The van der Waals surface area contributed by atoms with Gasteiger partial charge < -0.3 is 5.32 Å². The van der Waals surface area contributed by atoms with Crippen molar-refractivity contribution in [1.29, 1.82) is 0 Å². The molecule has 0 fully saturated rings. The average molecular weight is 354 g/mol. The lowest BCUT2D eigenvalue weighted by molar-refractivity contribution is 0.489. The summed E-state index contributed by atoms with van der Waals surface area (Å²) in [7, 11) is 2.06. The van der Waals surface area contributed by atoms with E-state index in [0.29, 0.717) is 6.04 Å². The molecule has 2 rings (SSSR count). The summed E-state index contributed by atoms with van der Waals surface area (Å²) >= 11 is 3.74. The molecule has 0 saturated heterocycles. The number of aryl methyl sites for hydroxylation is 2. The third kappa shape index (κ3) is 4.43. The monoisotopic (exact) mass is 353 g/mol. The standard InChI is InChI=1S/C17H28BrN3/c1-4-15-17(18)16(21(3)20-15)12-14(19-5-2)11-13-9-7-6-8-10-13/h9,14,19H,4-8,10-12H2,1-3H3. The minimum absolute atomic E-state index is 0.510. The number of nitrogens with zero attached hydrogens (tertiary/aromatic N) is 2. The van der Waals surface area contributed by atoms with E-state index < -0.39 is 0 Å². The second-order valence-electron chi connectivity index (χ2n) is 5.96. The highest BCUT2D eigenvalue weighted by atomic mass is 79.9. The third-order valence-electron chi connectivity index (χ3n) is 4.33. The Morgan fingerprint density at radius 2 is 2.14 bits per heavy atom. The molecule has 1 aliphatic rings. The van der Waals surface area contributed by atoms with Crippen LogP contribution in [0.3, 0.4) is 0 Å². The SMILES string of the molecule is CCNC(CC1=CCCCC1)Cc1c(Br)c(CC)nn1C. The van der Waals surface area contributed by atoms with Gasteiger partial charge in [0.2, 0.25) is 0 Å². The first kappa shape index (κ1) is 16.8. The molecule has 0 saturated carbocycles. The minimum Gasteiger partial charge on any atom is -0.314 e. The topological polar surface area (TPSA) is 29.9 Å². The quantitative estimate of drug-likeness (QED) is 0.746. The van der Waals surface area contributed by atoms with Crippen LogP contribution in [0.4, 0.5) is 0 Å². The van der Waals surface area contributed by atoms with Crippen molar-refractivity contribution in [2.45, 2.75) is 64.8 Å². The van der Waals surface area contributed by atoms with Crippen LogP contribution in [0.1, 0.15) is 57.3 Å². The molecule has 118 valence electrons. The zero-order chi connectivity index (χ0) is 15.2. The van der Waals surface area contributed by atoms with Crippen LogP contribution in [0.25, 0.3) is 0 Å². The van der Waals surface area contributed by atoms with Gasteiger partial charge in [-0.25, -0.2) is 0 Å². The molecule has 0 spiro atoms. The lowest BCUT2D eigenvalue weighted by Crippen LogP contribution is -2.32. The molecule has 1 aliphatic carbocycles. The van der Waals surface area contributed by atoms with Crippen LogP contribution in [-0.2, 0) is 19.9 Å². The zero-order valence-corrected chi connectivity index (χ0v) is 15.2. The summed E-state index contributed by atoms with van der Waals surface area (Å²) in [6.45, 7) is 5.37. The van der Waals surface area contributed by atoms with Gasteiger partial charge in [0, 0.05) is 19.5 Å². The Hall–Kier alpha value is -0.610. The minimum atomic E-state index is 0.510. The smallest absolute Gasteiger partial charge is 0.0766 e. The first-order chi connectivity index (χ1) is 10.2. The van der Waals surface area contributed by atoms with Crippen LogP contribution >= 0.6 is 15.9 Å². The van der Waals surface area contributed by atoms with E-state index in [1.54, 1.807) is 5.57 Å². The lowest BCUT2D eigenvalue weighted by Gasteiger charge is -2.22. The maximum Gasteiger partial charge on any atom is 0.0766 e. The number of nitrogens with one attached hydrogen (secondary N) is 1. The highest BCUT2D eigenvalue weighted by Crippen LogP contribution is 2.26. The van der Waals surface area contributed by atoms with E-state index in [4.69, 9.17) is 0 Å². The number of hydrogen-bond acceptors (Lipinski definition) is 2. The molecule has 1 atom stereocenters. The van der Waals surface area contributed by atoms with Crippen molar-refractivity contribution >= 4 is 15.9 Å². The van der Waals surface area contributed by atoms with E-state index in [-0.39, 0.29) is 0 Å². The maximum atomic E-state index is 4.62. The molecule has 0 aliphatic heterocycles. The van der Waals surface area contributed by atoms with Gasteiger partial charge in [-0.15, -0.1) is 0 Å². The van der Waals surface area contributed by atoms with Gasteiger partial charge in [-0.05, 0) is 61.0 Å². The van der Waals surface area contributed by atoms with Crippen molar-refractivity contribution < 1.29 is 0 Å². The molecule has 0 aromatic carbocycles. The Morgan fingerprint density at radius 3 is 2.71 bits per heavy atom. The first-order valence-electron chi connectivity index (χ1n) is 8.27. The van der Waals surface area contributed by atoms with Crippen LogP contribution in [0.2, 0.25) is 0 Å². The second-order valence-corrected chi connectivity index (χ2v) is 6.75. The zero-order valence-electron chi connectivity index (χ0n) is 13.6. The molecular formula is C17H28BrN3. The Morgan fingerprint density at radius 1 is 1.33 bits per heavy atom. The fourth-order valence-corrected chi connectivity index (χ4v) is 3.96. The van der Waals surface area contributed by atoms with Gasteiger partial charge in [0.1, 0.15) is 0 Å². The molecular weight excluding hydrogens is 326 g/mol. The Labute approximate surface area is 137 Å². The number of hydrogen-bond donors (Lipinski definition) is 1. The van der Waals surface area contributed by atoms with Crippen LogP contribution in [0.5, 0.6) is 0 Å². The van der Waals surface area contributed by atoms with Crippen molar-refractivity contribution in [3.05, 3.63) is 27.5 Å². The van der Waals surface area contributed by atoms with Gasteiger partial charge in [-0.3, -0.25) is 4.68 Å². The molecule has 3 nitrogen and oxygen atoms in total. The Bertz CT molecular complexity index is 490. The fourth-order valence-electron chi connectivity index (χ4n) is 3.19. The van der Waals surface area contributed by atoms with Crippen molar-refractivity contribution in [3.8, 4) is 0 Å². The largest absolute Gasteiger partial charge is 0.314 e. The molecule has 0 bridgehead atoms. The summed E-state index contributed by atoms with van der Waals surface area (Å²) in [5, 5.41) is 8.27. The number of aromatic nitrogens is 2. The number of halogens is 1. The molecule has 4 heteroatoms. The van der Waals surface area contributed by atoms with Crippen molar-refractivity contribution in [3.63, 3.8) is 0 Å². The molecule has 1 aromatic rings. The summed E-state index contributed by atoms with van der Waals surface area (Å²) in [6.07, 6.45) is 10.9. The van der Waals surface area contributed by atoms with Gasteiger partial charge in [0.15, 0.2) is 0 Å². The van der Waals surface area contributed by atoms with Crippen molar-refractivity contribution in [2.75, 3.05) is 6.54 Å². The highest BCUT2D eigenvalue weighted by molar-refractivity contribution is 9.10. The van der Waals surface area contributed by atoms with Gasteiger partial charge in [-0.2, -0.15) is 5.10 Å². The van der Waals surface area contributed by atoms with Gasteiger partial charge in [0.25, 0.3) is 0 Å². The van der Waals surface area contributed by atoms with E-state index in [0.717, 1.165) is 19.4 Å². The van der Waals surface area contributed by atoms with Gasteiger partial charge >= 0.3 is 0 Å². The summed E-state index contributed by atoms with van der Waals surface area (Å²) in [5.74, 6) is 0. The first-order valence-corrected chi connectivity index (χ1v) is 9.06. The fraction of sp³-hybridized carbons (Fsp3) is 0.706. The van der Waals surface area contributed by atoms with E-state index in [2.05, 4.69) is 53.3 Å². The summed E-state index contributed by atoms with van der Waals surface area (Å²) < 4.78 is 3.25. The van der Waals surface area contributed by atoms with E-state index in [9.17, 15) is 0 Å². The molecule has 0 amide bonds. The molecule has 1 unspecified atom stereocenters. The van der Waals surface area contributed by atoms with Crippen LogP contribution < -0.4 is 5.32 Å². The summed E-state index contributed by atoms with van der Waals surface area (Å²) in [4.78, 5) is 0. The number of rotatable bonds is 7. The van der Waals surface area contributed by atoms with E-state index in [1.807, 2.05) is 4.68 Å². The summed E-state index contributed by atoms with van der Waals surface area (Å²) in [5.41, 5.74) is 4.12. The second kappa shape index (κ2) is 8.14. The van der Waals surface area contributed by atoms with Gasteiger partial charge in [-0.1, -0.05) is 25.5 Å². The molecule has 0 radical (unpaired) electrons. The Kier molecular flexibility index (Phi) is 6.49. The highest BCUT2D eigenvalue weighted by Gasteiger charge is 2.18. The molecule has 1 N–H and O–H groups in total. The van der Waals surface area contributed by atoms with Gasteiger partial charge in [0.05, 0.1) is 15.9 Å². The van der Waals surface area contributed by atoms with E-state index >= 15 is 0 Å². The van der Waals surface area contributed by atoms with Crippen molar-refractivity contribution in [1.82, 2.24) is 15.1 Å². The molecule has 1 heterocycles. The van der Waals surface area contributed by atoms with Crippen molar-refractivity contribution in [2.24, 2.45) is 7.05 Å². The summed E-state index contributed by atoms with van der Waals surface area (Å²) in [6, 6.07) is 0.510. The number of allylic oxidation sites excluding steroid dienone is 1. The predicted octanol–water partition coefficient (Wildman–Crippen LogP) is 4.16. The third-order valence-corrected chi connectivity index (χ3v) is 5.24. The van der Waals surface area contributed by atoms with E-state index in [1.165, 1.54) is 48.0 Å². The van der Waals surface area contributed by atoms with Crippen LogP contribution in [-0.4, -0.2) is 22.4 Å². The van der Waals surface area contributed by atoms with Crippen LogP contribution in [0.15, 0.2) is 16.1 Å². The number of likely N-dealkylation sites (N-methyl/N-ethyl adjacent to an activating group) is 1. The van der Waals surface area contributed by atoms with Crippen LogP contribution in [0, 0.1) is 0 Å². The maximum absolute atomic E-state index is 4.62. The average Bonchev–Trinajstić information content (AvgIpc) is 2.76. The lowest BCUT2D eigenvalue weighted by atomic mass is 9.92. The Balaban J connectivity index is 2.08. The predicted molar refractivity (Wildman–Crippen MR) is 92.6 cm³/mol.